The summed E-state index contributed by atoms with van der Waals surface area (Å²) in [6.07, 6.45) is 1.54. The first-order valence-electron chi connectivity index (χ1n) is 9.15. The second kappa shape index (κ2) is 8.46. The van der Waals surface area contributed by atoms with E-state index in [9.17, 15) is 9.59 Å². The Morgan fingerprint density at radius 2 is 1.87 bits per heavy atom. The number of halogens is 1. The van der Waals surface area contributed by atoms with Gasteiger partial charge in [-0.2, -0.15) is 4.98 Å². The maximum atomic E-state index is 12.4. The second-order valence-electron chi connectivity index (χ2n) is 6.73. The zero-order valence-electron chi connectivity index (χ0n) is 16.0. The highest BCUT2D eigenvalue weighted by molar-refractivity contribution is 9.10. The van der Waals surface area contributed by atoms with Gasteiger partial charge in [0.2, 0.25) is 11.7 Å². The Bertz CT molecular complexity index is 1260. The van der Waals surface area contributed by atoms with Crippen LogP contribution in [-0.2, 0) is 11.3 Å². The molecule has 0 spiro atoms. The van der Waals surface area contributed by atoms with Crippen molar-refractivity contribution in [1.29, 1.82) is 0 Å². The number of pyridine rings is 1. The Balaban J connectivity index is 1.54. The highest BCUT2D eigenvalue weighted by atomic mass is 79.9. The lowest BCUT2D eigenvalue weighted by atomic mass is 10.1. The van der Waals surface area contributed by atoms with Crippen molar-refractivity contribution in [3.63, 3.8) is 0 Å². The lowest BCUT2D eigenvalue weighted by molar-refractivity contribution is -0.116. The number of benzene rings is 2. The van der Waals surface area contributed by atoms with Crippen LogP contribution in [0.25, 0.3) is 22.8 Å². The molecular formula is C22H17BrN4O3. The van der Waals surface area contributed by atoms with Crippen LogP contribution in [0, 0.1) is 6.92 Å². The molecule has 0 saturated heterocycles. The maximum Gasteiger partial charge on any atom is 0.259 e. The monoisotopic (exact) mass is 464 g/mol. The van der Waals surface area contributed by atoms with Gasteiger partial charge in [0.05, 0.1) is 5.56 Å². The average molecular weight is 465 g/mol. The number of amides is 1. The summed E-state index contributed by atoms with van der Waals surface area (Å²) in [5, 5.41) is 6.78. The van der Waals surface area contributed by atoms with E-state index in [4.69, 9.17) is 4.52 Å². The van der Waals surface area contributed by atoms with Gasteiger partial charge in [0.1, 0.15) is 6.54 Å². The summed E-state index contributed by atoms with van der Waals surface area (Å²) in [6.45, 7) is 1.86. The third kappa shape index (κ3) is 4.55. The quantitative estimate of drug-likeness (QED) is 0.476. The second-order valence-corrected chi connectivity index (χ2v) is 7.65. The molecule has 0 atom stereocenters. The third-order valence-electron chi connectivity index (χ3n) is 4.39. The van der Waals surface area contributed by atoms with Crippen LogP contribution >= 0.6 is 15.9 Å². The standard InChI is InChI=1S/C22H17BrN4O3/c1-14-5-7-15(8-6-14)21-25-22(30-26-21)16-9-10-20(29)27(12-16)13-19(28)24-18-4-2-3-17(23)11-18/h2-12H,13H2,1H3,(H,24,28). The summed E-state index contributed by atoms with van der Waals surface area (Å²) < 4.78 is 7.51. The number of rotatable bonds is 5. The van der Waals surface area contributed by atoms with Crippen molar-refractivity contribution in [2.75, 3.05) is 5.32 Å². The molecule has 0 saturated carbocycles. The molecule has 8 heteroatoms. The number of aromatic nitrogens is 3. The number of nitrogens with zero attached hydrogens (tertiary/aromatic N) is 3. The zero-order valence-corrected chi connectivity index (χ0v) is 17.6. The van der Waals surface area contributed by atoms with E-state index < -0.39 is 0 Å². The highest BCUT2D eigenvalue weighted by Crippen LogP contribution is 2.22. The number of hydrogen-bond donors (Lipinski definition) is 1. The molecule has 30 heavy (non-hydrogen) atoms. The molecule has 0 radical (unpaired) electrons. The molecule has 2 aromatic heterocycles. The van der Waals surface area contributed by atoms with Crippen LogP contribution in [0.4, 0.5) is 5.69 Å². The first-order valence-corrected chi connectivity index (χ1v) is 9.94. The largest absolute Gasteiger partial charge is 0.334 e. The molecule has 0 aliphatic rings. The SMILES string of the molecule is Cc1ccc(-c2noc(-c3ccc(=O)n(CC(=O)Nc4cccc(Br)c4)c3)n2)cc1. The molecule has 2 aromatic carbocycles. The van der Waals surface area contributed by atoms with E-state index in [0.717, 1.165) is 15.6 Å². The van der Waals surface area contributed by atoms with Gasteiger partial charge in [-0.3, -0.25) is 9.59 Å². The Hall–Kier alpha value is -3.52. The number of hydrogen-bond acceptors (Lipinski definition) is 5. The summed E-state index contributed by atoms with van der Waals surface area (Å²) in [6, 6.07) is 18.0. The average Bonchev–Trinajstić information content (AvgIpc) is 3.20. The molecule has 0 fully saturated rings. The van der Waals surface area contributed by atoms with Crippen molar-refractivity contribution in [3.8, 4) is 22.8 Å². The fraction of sp³-hybridized carbons (Fsp3) is 0.0909. The molecule has 7 nitrogen and oxygen atoms in total. The van der Waals surface area contributed by atoms with Crippen LogP contribution in [0.15, 0.2) is 80.7 Å². The van der Waals surface area contributed by atoms with Crippen LogP contribution in [0.2, 0.25) is 0 Å². The van der Waals surface area contributed by atoms with Gasteiger partial charge in [0.15, 0.2) is 0 Å². The van der Waals surface area contributed by atoms with Crippen molar-refractivity contribution in [1.82, 2.24) is 14.7 Å². The number of nitrogens with one attached hydrogen (secondary N) is 1. The van der Waals surface area contributed by atoms with Crippen molar-refractivity contribution < 1.29 is 9.32 Å². The number of carbonyl (C=O) groups excluding carboxylic acids is 1. The molecule has 150 valence electrons. The topological polar surface area (TPSA) is 90.0 Å². The summed E-state index contributed by atoms with van der Waals surface area (Å²) in [4.78, 5) is 29.0. The third-order valence-corrected chi connectivity index (χ3v) is 4.88. The lowest BCUT2D eigenvalue weighted by Crippen LogP contribution is -2.26. The Labute approximate surface area is 180 Å². The fourth-order valence-corrected chi connectivity index (χ4v) is 3.26. The van der Waals surface area contributed by atoms with E-state index in [0.29, 0.717) is 17.1 Å². The Morgan fingerprint density at radius 1 is 1.10 bits per heavy atom. The number of carbonyl (C=O) groups is 1. The molecule has 2 heterocycles. The normalized spacial score (nSPS) is 10.7. The van der Waals surface area contributed by atoms with E-state index in [2.05, 4.69) is 31.4 Å². The molecule has 4 aromatic rings. The van der Waals surface area contributed by atoms with E-state index in [-0.39, 0.29) is 23.9 Å². The van der Waals surface area contributed by atoms with Gasteiger partial charge in [0, 0.05) is 28.0 Å². The Kier molecular flexibility index (Phi) is 5.58. The molecule has 1 amide bonds. The highest BCUT2D eigenvalue weighted by Gasteiger charge is 2.13. The summed E-state index contributed by atoms with van der Waals surface area (Å²) in [7, 11) is 0. The van der Waals surface area contributed by atoms with Crippen molar-refractivity contribution in [2.24, 2.45) is 0 Å². The summed E-state index contributed by atoms with van der Waals surface area (Å²) in [5.74, 6) is 0.403. The van der Waals surface area contributed by atoms with Crippen LogP contribution < -0.4 is 10.9 Å². The minimum absolute atomic E-state index is 0.141. The van der Waals surface area contributed by atoms with Gasteiger partial charge in [-0.15, -0.1) is 0 Å². The first kappa shape index (κ1) is 19.8. The minimum Gasteiger partial charge on any atom is -0.334 e. The van der Waals surface area contributed by atoms with E-state index >= 15 is 0 Å². The van der Waals surface area contributed by atoms with Gasteiger partial charge in [0.25, 0.3) is 11.4 Å². The lowest BCUT2D eigenvalue weighted by Gasteiger charge is -2.08. The zero-order chi connectivity index (χ0) is 21.1. The number of anilines is 1. The molecule has 0 aliphatic heterocycles. The van der Waals surface area contributed by atoms with Gasteiger partial charge in [-0.1, -0.05) is 57.0 Å². The van der Waals surface area contributed by atoms with E-state index in [1.807, 2.05) is 43.3 Å². The van der Waals surface area contributed by atoms with Crippen molar-refractivity contribution in [2.45, 2.75) is 13.5 Å². The van der Waals surface area contributed by atoms with E-state index in [1.54, 1.807) is 18.2 Å². The van der Waals surface area contributed by atoms with Crippen LogP contribution in [0.5, 0.6) is 0 Å². The van der Waals surface area contributed by atoms with Crippen LogP contribution in [-0.4, -0.2) is 20.6 Å². The van der Waals surface area contributed by atoms with Crippen molar-refractivity contribution in [3.05, 3.63) is 87.3 Å². The maximum absolute atomic E-state index is 12.4. The molecule has 4 rings (SSSR count). The van der Waals surface area contributed by atoms with E-state index in [1.165, 1.54) is 16.8 Å². The van der Waals surface area contributed by atoms with Gasteiger partial charge in [-0.25, -0.2) is 0 Å². The molecule has 0 unspecified atom stereocenters. The predicted molar refractivity (Wildman–Crippen MR) is 117 cm³/mol. The molecular weight excluding hydrogens is 448 g/mol. The Morgan fingerprint density at radius 3 is 2.63 bits per heavy atom. The summed E-state index contributed by atoms with van der Waals surface area (Å²) in [5.41, 5.74) is 2.85. The molecule has 0 aliphatic carbocycles. The summed E-state index contributed by atoms with van der Waals surface area (Å²) >= 11 is 3.36. The minimum atomic E-state index is -0.321. The van der Waals surface area contributed by atoms with Crippen molar-refractivity contribution >= 4 is 27.5 Å². The predicted octanol–water partition coefficient (Wildman–Crippen LogP) is 4.27. The van der Waals surface area contributed by atoms with Crippen LogP contribution in [0.1, 0.15) is 5.56 Å². The fourth-order valence-electron chi connectivity index (χ4n) is 2.86. The van der Waals surface area contributed by atoms with Gasteiger partial charge in [-0.05, 0) is 31.2 Å². The number of aryl methyl sites for hydroxylation is 1. The van der Waals surface area contributed by atoms with Crippen LogP contribution in [0.3, 0.4) is 0 Å². The smallest absolute Gasteiger partial charge is 0.259 e. The first-order chi connectivity index (χ1) is 14.5. The van der Waals surface area contributed by atoms with Gasteiger partial charge >= 0.3 is 0 Å². The molecule has 1 N–H and O–H groups in total. The molecule has 0 bridgehead atoms. The van der Waals surface area contributed by atoms with Gasteiger partial charge < -0.3 is 14.4 Å².